The number of rotatable bonds is 8. The lowest BCUT2D eigenvalue weighted by atomic mass is 9.50. The Bertz CT molecular complexity index is 812. The lowest BCUT2D eigenvalue weighted by Gasteiger charge is -2.56. The number of aliphatic carboxylic acids is 1. The fourth-order valence-corrected chi connectivity index (χ4v) is 6.36. The average molecular weight is 430 g/mol. The van der Waals surface area contributed by atoms with E-state index in [0.29, 0.717) is 23.7 Å². The first-order valence-electron chi connectivity index (χ1n) is 11.1. The van der Waals surface area contributed by atoms with Gasteiger partial charge in [-0.1, -0.05) is 12.1 Å². The minimum Gasteiger partial charge on any atom is -0.508 e. The number of nitrogens with one attached hydrogen (secondary N) is 2. The number of benzene rings is 1. The Balaban J connectivity index is 1.47. The van der Waals surface area contributed by atoms with Crippen molar-refractivity contribution in [3.8, 4) is 5.75 Å². The molecule has 168 valence electrons. The molecule has 0 radical (unpaired) electrons. The van der Waals surface area contributed by atoms with Gasteiger partial charge in [-0.05, 0) is 85.8 Å². The van der Waals surface area contributed by atoms with Crippen LogP contribution in [-0.2, 0) is 20.8 Å². The van der Waals surface area contributed by atoms with E-state index in [0.717, 1.165) is 31.2 Å². The molecule has 0 saturated heterocycles. The van der Waals surface area contributed by atoms with E-state index in [2.05, 4.69) is 10.6 Å². The number of carbonyl (C=O) groups is 3. The third-order valence-corrected chi connectivity index (χ3v) is 7.41. The lowest BCUT2D eigenvalue weighted by molar-refractivity contribution is -0.141. The van der Waals surface area contributed by atoms with Crippen LogP contribution in [0.15, 0.2) is 24.3 Å². The third-order valence-electron chi connectivity index (χ3n) is 7.41. The predicted octanol–water partition coefficient (Wildman–Crippen LogP) is 1.02. The first-order valence-corrected chi connectivity index (χ1v) is 11.1. The highest BCUT2D eigenvalue weighted by atomic mass is 16.4. The first-order chi connectivity index (χ1) is 14.8. The van der Waals surface area contributed by atoms with Gasteiger partial charge in [-0.3, -0.25) is 14.4 Å². The van der Waals surface area contributed by atoms with Crippen LogP contribution in [0.2, 0.25) is 0 Å². The molecule has 1 aromatic rings. The van der Waals surface area contributed by atoms with Crippen LogP contribution in [0.25, 0.3) is 0 Å². The summed E-state index contributed by atoms with van der Waals surface area (Å²) in [6, 6.07) is 4.87. The maximum atomic E-state index is 13.0. The van der Waals surface area contributed by atoms with E-state index >= 15 is 0 Å². The first kappa shape index (κ1) is 21.6. The van der Waals surface area contributed by atoms with Crippen molar-refractivity contribution < 1.29 is 24.6 Å². The number of phenols is 1. The van der Waals surface area contributed by atoms with Crippen molar-refractivity contribution in [1.82, 2.24) is 10.6 Å². The number of carbonyl (C=O) groups excluding carboxylic acids is 2. The second-order valence-corrected chi connectivity index (χ2v) is 9.58. The van der Waals surface area contributed by atoms with Crippen LogP contribution in [0.1, 0.15) is 37.7 Å². The fourth-order valence-electron chi connectivity index (χ4n) is 6.36. The smallest absolute Gasteiger partial charge is 0.322 e. The number of aromatic hydroxyl groups is 1. The molecule has 8 nitrogen and oxygen atoms in total. The van der Waals surface area contributed by atoms with E-state index < -0.39 is 36.4 Å². The second kappa shape index (κ2) is 8.86. The zero-order valence-electron chi connectivity index (χ0n) is 17.5. The van der Waals surface area contributed by atoms with E-state index in [-0.39, 0.29) is 18.1 Å². The topological polar surface area (TPSA) is 142 Å². The molecule has 31 heavy (non-hydrogen) atoms. The maximum absolute atomic E-state index is 13.0. The van der Waals surface area contributed by atoms with Gasteiger partial charge in [0.2, 0.25) is 11.8 Å². The minimum absolute atomic E-state index is 0.0198. The highest BCUT2D eigenvalue weighted by Gasteiger charge is 2.52. The summed E-state index contributed by atoms with van der Waals surface area (Å²) in [5, 5.41) is 23.7. The molecule has 2 amide bonds. The zero-order valence-corrected chi connectivity index (χ0v) is 17.5. The van der Waals surface area contributed by atoms with Crippen molar-refractivity contribution in [1.29, 1.82) is 0 Å². The number of amides is 2. The molecule has 0 aromatic heterocycles. The lowest BCUT2D eigenvalue weighted by Crippen LogP contribution is -2.61. The Labute approximate surface area is 181 Å². The Morgan fingerprint density at radius 2 is 1.55 bits per heavy atom. The Hall–Kier alpha value is -2.61. The number of hydrogen-bond donors (Lipinski definition) is 5. The fraction of sp³-hybridized carbons (Fsp3) is 0.609. The molecule has 4 fully saturated rings. The van der Waals surface area contributed by atoms with Gasteiger partial charge in [-0.25, -0.2) is 0 Å². The van der Waals surface area contributed by atoms with Crippen molar-refractivity contribution in [2.75, 3.05) is 6.54 Å². The Kier molecular flexibility index (Phi) is 6.18. The zero-order chi connectivity index (χ0) is 22.1. The molecule has 0 spiro atoms. The number of phenolic OH excluding ortho intramolecular Hbond substituents is 1. The van der Waals surface area contributed by atoms with Crippen LogP contribution >= 0.6 is 0 Å². The van der Waals surface area contributed by atoms with Crippen molar-refractivity contribution in [2.24, 2.45) is 35.3 Å². The highest BCUT2D eigenvalue weighted by Crippen LogP contribution is 2.57. The van der Waals surface area contributed by atoms with Crippen molar-refractivity contribution in [3.63, 3.8) is 0 Å². The van der Waals surface area contributed by atoms with Gasteiger partial charge in [0.15, 0.2) is 0 Å². The number of carboxylic acids is 1. The standard InChI is InChI=1S/C23H31N3O5/c24-18(10-12-1-3-17(27)4-2-12)22(30)26-21(23(31)25-11-19(28)29)20-15-6-13-5-14(8-15)9-16(20)7-13/h1-4,13-16,18,20-21,27H,5-11,24H2,(H,25,31)(H,26,30)(H,28,29)/t13?,14?,15?,16?,18-,20?,21+/m0/s1. The number of hydrogen-bond acceptors (Lipinski definition) is 5. The summed E-state index contributed by atoms with van der Waals surface area (Å²) in [6.45, 7) is -0.474. The monoisotopic (exact) mass is 429 g/mol. The summed E-state index contributed by atoms with van der Waals surface area (Å²) in [5.74, 6) is 0.374. The Morgan fingerprint density at radius 3 is 2.10 bits per heavy atom. The van der Waals surface area contributed by atoms with Crippen molar-refractivity contribution in [2.45, 2.75) is 50.6 Å². The van der Waals surface area contributed by atoms with E-state index in [1.54, 1.807) is 12.1 Å². The van der Waals surface area contributed by atoms with Crippen molar-refractivity contribution >= 4 is 17.8 Å². The summed E-state index contributed by atoms with van der Waals surface area (Å²) in [5.41, 5.74) is 6.94. The van der Waals surface area contributed by atoms with Crippen LogP contribution in [0.3, 0.4) is 0 Å². The molecule has 5 rings (SSSR count). The van der Waals surface area contributed by atoms with Crippen molar-refractivity contribution in [3.05, 3.63) is 29.8 Å². The number of nitrogens with two attached hydrogens (primary N) is 1. The molecule has 4 bridgehead atoms. The minimum atomic E-state index is -1.12. The summed E-state index contributed by atoms with van der Waals surface area (Å²) in [4.78, 5) is 36.9. The summed E-state index contributed by atoms with van der Waals surface area (Å²) >= 11 is 0. The normalized spacial score (nSPS) is 30.4. The second-order valence-electron chi connectivity index (χ2n) is 9.58. The molecule has 4 saturated carbocycles. The van der Waals surface area contributed by atoms with E-state index in [1.165, 1.54) is 18.6 Å². The molecule has 6 N–H and O–H groups in total. The van der Waals surface area contributed by atoms with Crippen LogP contribution < -0.4 is 16.4 Å². The molecular weight excluding hydrogens is 398 g/mol. The molecule has 0 unspecified atom stereocenters. The molecule has 8 heteroatoms. The molecule has 0 aliphatic heterocycles. The summed E-state index contributed by atoms with van der Waals surface area (Å²) in [6.07, 6.45) is 5.87. The van der Waals surface area contributed by atoms with Gasteiger partial charge in [0, 0.05) is 0 Å². The van der Waals surface area contributed by atoms with Gasteiger partial charge in [0.05, 0.1) is 6.04 Å². The van der Waals surface area contributed by atoms with Gasteiger partial charge in [0.25, 0.3) is 0 Å². The van der Waals surface area contributed by atoms with E-state index in [9.17, 15) is 19.5 Å². The Morgan fingerprint density at radius 1 is 0.968 bits per heavy atom. The van der Waals surface area contributed by atoms with E-state index in [4.69, 9.17) is 10.8 Å². The quantitative estimate of drug-likeness (QED) is 0.418. The van der Waals surface area contributed by atoms with Crippen LogP contribution in [0.4, 0.5) is 0 Å². The molecule has 2 atom stereocenters. The van der Waals surface area contributed by atoms with E-state index in [1.807, 2.05) is 0 Å². The van der Waals surface area contributed by atoms with Gasteiger partial charge in [-0.15, -0.1) is 0 Å². The van der Waals surface area contributed by atoms with Crippen LogP contribution in [-0.4, -0.2) is 46.6 Å². The summed E-state index contributed by atoms with van der Waals surface area (Å²) in [7, 11) is 0. The summed E-state index contributed by atoms with van der Waals surface area (Å²) < 4.78 is 0. The predicted molar refractivity (Wildman–Crippen MR) is 113 cm³/mol. The van der Waals surface area contributed by atoms with Crippen LogP contribution in [0, 0.1) is 29.6 Å². The largest absolute Gasteiger partial charge is 0.508 e. The SMILES string of the molecule is N[C@@H](Cc1ccc(O)cc1)C(=O)N[C@@H](C(=O)NCC(=O)O)C1C2CC3CC(C2)CC1C3. The molecule has 1 aromatic carbocycles. The maximum Gasteiger partial charge on any atom is 0.322 e. The molecule has 4 aliphatic rings. The highest BCUT2D eigenvalue weighted by molar-refractivity contribution is 5.91. The van der Waals surface area contributed by atoms with Gasteiger partial charge >= 0.3 is 5.97 Å². The van der Waals surface area contributed by atoms with Gasteiger partial charge < -0.3 is 26.6 Å². The van der Waals surface area contributed by atoms with Gasteiger partial charge in [0.1, 0.15) is 18.3 Å². The third kappa shape index (κ3) is 4.84. The molecule has 4 aliphatic carbocycles. The number of carboxylic acid groups (broad SMARTS) is 1. The van der Waals surface area contributed by atoms with Gasteiger partial charge in [-0.2, -0.15) is 0 Å². The van der Waals surface area contributed by atoms with Crippen LogP contribution in [0.5, 0.6) is 5.75 Å². The average Bonchev–Trinajstić information content (AvgIpc) is 2.71. The molecular formula is C23H31N3O5. The molecule has 0 heterocycles.